The van der Waals surface area contributed by atoms with Gasteiger partial charge >= 0.3 is 0 Å². The zero-order valence-corrected chi connectivity index (χ0v) is 11.4. The van der Waals surface area contributed by atoms with Crippen LogP contribution in [0, 0.1) is 5.92 Å². The highest BCUT2D eigenvalue weighted by Gasteiger charge is 2.21. The zero-order chi connectivity index (χ0) is 12.7. The first-order chi connectivity index (χ1) is 8.05. The van der Waals surface area contributed by atoms with Crippen molar-refractivity contribution in [3.8, 4) is 0 Å². The number of quaternary nitrogens is 1. The Morgan fingerprint density at radius 1 is 1.24 bits per heavy atom. The van der Waals surface area contributed by atoms with E-state index in [0.29, 0.717) is 6.54 Å². The number of likely N-dealkylation sites (N-methyl/N-ethyl adjacent to an activating group) is 1. The first-order valence-corrected chi connectivity index (χ1v) is 6.85. The van der Waals surface area contributed by atoms with Crippen LogP contribution in [0.1, 0.15) is 32.1 Å². The Balaban J connectivity index is 2.19. The lowest BCUT2D eigenvalue weighted by molar-refractivity contribution is -0.887. The molecule has 0 saturated heterocycles. The van der Waals surface area contributed by atoms with Crippen molar-refractivity contribution in [3.63, 3.8) is 0 Å². The van der Waals surface area contributed by atoms with Gasteiger partial charge in [0.25, 0.3) is 0 Å². The lowest BCUT2D eigenvalue weighted by atomic mass is 9.89. The third-order valence-electron chi connectivity index (χ3n) is 3.73. The maximum Gasteiger partial charge on any atom is 0.223 e. The van der Waals surface area contributed by atoms with Gasteiger partial charge < -0.3 is 15.5 Å². The summed E-state index contributed by atoms with van der Waals surface area (Å²) in [6, 6.07) is 0. The zero-order valence-electron chi connectivity index (χ0n) is 11.4. The van der Waals surface area contributed by atoms with E-state index in [1.165, 1.54) is 19.3 Å². The molecular formula is C13H28N3O+. The number of hydrogen-bond donors (Lipinski definition) is 2. The molecule has 0 aliphatic heterocycles. The van der Waals surface area contributed by atoms with Crippen molar-refractivity contribution in [1.82, 2.24) is 5.32 Å². The molecular weight excluding hydrogens is 214 g/mol. The van der Waals surface area contributed by atoms with E-state index in [-0.39, 0.29) is 11.8 Å². The number of nitrogens with one attached hydrogen (secondary N) is 1. The van der Waals surface area contributed by atoms with Crippen LogP contribution >= 0.6 is 0 Å². The van der Waals surface area contributed by atoms with Crippen LogP contribution in [0.5, 0.6) is 0 Å². The SMILES string of the molecule is C[N+](C)(CCN)CCNC(=O)C1CCCCC1. The smallest absolute Gasteiger partial charge is 0.223 e. The van der Waals surface area contributed by atoms with Gasteiger partial charge in [0.1, 0.15) is 0 Å². The fourth-order valence-corrected chi connectivity index (χ4v) is 2.45. The largest absolute Gasteiger partial charge is 0.350 e. The summed E-state index contributed by atoms with van der Waals surface area (Å²) in [6.07, 6.45) is 5.88. The Morgan fingerprint density at radius 2 is 1.88 bits per heavy atom. The molecule has 17 heavy (non-hydrogen) atoms. The lowest BCUT2D eigenvalue weighted by Gasteiger charge is -2.29. The number of amides is 1. The van der Waals surface area contributed by atoms with Crippen molar-refractivity contribution < 1.29 is 9.28 Å². The van der Waals surface area contributed by atoms with Crippen LogP contribution in [0.2, 0.25) is 0 Å². The second-order valence-electron chi connectivity index (χ2n) is 5.80. The molecule has 0 aromatic rings. The molecule has 0 heterocycles. The Labute approximate surface area is 105 Å². The van der Waals surface area contributed by atoms with E-state index in [0.717, 1.165) is 37.0 Å². The normalized spacial score (nSPS) is 18.1. The van der Waals surface area contributed by atoms with E-state index in [9.17, 15) is 4.79 Å². The number of rotatable bonds is 6. The molecule has 0 atom stereocenters. The lowest BCUT2D eigenvalue weighted by Crippen LogP contribution is -2.48. The maximum atomic E-state index is 11.9. The average molecular weight is 242 g/mol. The molecule has 100 valence electrons. The second-order valence-corrected chi connectivity index (χ2v) is 5.80. The molecule has 0 bridgehead atoms. The van der Waals surface area contributed by atoms with Gasteiger partial charge in [0, 0.05) is 12.5 Å². The Kier molecular flexibility index (Phi) is 5.92. The summed E-state index contributed by atoms with van der Waals surface area (Å²) in [5, 5.41) is 3.07. The molecule has 0 aromatic heterocycles. The van der Waals surface area contributed by atoms with Gasteiger partial charge in [-0.1, -0.05) is 19.3 Å². The molecule has 1 aliphatic carbocycles. The Morgan fingerprint density at radius 3 is 2.47 bits per heavy atom. The van der Waals surface area contributed by atoms with Crippen molar-refractivity contribution in [3.05, 3.63) is 0 Å². The van der Waals surface area contributed by atoms with Crippen LogP contribution in [0.3, 0.4) is 0 Å². The van der Waals surface area contributed by atoms with Gasteiger partial charge in [-0.15, -0.1) is 0 Å². The first kappa shape index (κ1) is 14.5. The molecule has 1 amide bonds. The van der Waals surface area contributed by atoms with Crippen molar-refractivity contribution >= 4 is 5.91 Å². The van der Waals surface area contributed by atoms with Crippen LogP contribution in [-0.2, 0) is 4.79 Å². The van der Waals surface area contributed by atoms with Crippen LogP contribution in [0.15, 0.2) is 0 Å². The molecule has 3 N–H and O–H groups in total. The monoisotopic (exact) mass is 242 g/mol. The van der Waals surface area contributed by atoms with E-state index in [1.54, 1.807) is 0 Å². The standard InChI is InChI=1S/C13H27N3O/c1-16(2,10-8-14)11-9-15-13(17)12-6-4-3-5-7-12/h12H,3-11,14H2,1-2H3/p+1. The van der Waals surface area contributed by atoms with Crippen LogP contribution < -0.4 is 11.1 Å². The highest BCUT2D eigenvalue weighted by Crippen LogP contribution is 2.23. The minimum absolute atomic E-state index is 0.262. The van der Waals surface area contributed by atoms with Crippen LogP contribution in [0.25, 0.3) is 0 Å². The molecule has 0 unspecified atom stereocenters. The molecule has 0 radical (unpaired) electrons. The number of nitrogens with zero attached hydrogens (tertiary/aromatic N) is 1. The van der Waals surface area contributed by atoms with Crippen molar-refractivity contribution in [1.29, 1.82) is 0 Å². The van der Waals surface area contributed by atoms with Crippen molar-refractivity contribution in [2.45, 2.75) is 32.1 Å². The Bertz CT molecular complexity index is 235. The summed E-state index contributed by atoms with van der Waals surface area (Å²) in [5.41, 5.74) is 5.56. The van der Waals surface area contributed by atoms with Crippen molar-refractivity contribution in [2.24, 2.45) is 11.7 Å². The summed E-state index contributed by atoms with van der Waals surface area (Å²) >= 11 is 0. The number of carbonyl (C=O) groups excluding carboxylic acids is 1. The summed E-state index contributed by atoms with van der Waals surface area (Å²) in [7, 11) is 4.30. The third-order valence-corrected chi connectivity index (χ3v) is 3.73. The molecule has 1 rings (SSSR count). The number of carbonyl (C=O) groups is 1. The minimum Gasteiger partial charge on any atom is -0.350 e. The van der Waals surface area contributed by atoms with E-state index >= 15 is 0 Å². The highest BCUT2D eigenvalue weighted by molar-refractivity contribution is 5.78. The molecule has 4 nitrogen and oxygen atoms in total. The fraction of sp³-hybridized carbons (Fsp3) is 0.923. The topological polar surface area (TPSA) is 55.1 Å². The van der Waals surface area contributed by atoms with Gasteiger partial charge in [0.2, 0.25) is 5.91 Å². The fourth-order valence-electron chi connectivity index (χ4n) is 2.45. The van der Waals surface area contributed by atoms with Gasteiger partial charge in [-0.25, -0.2) is 0 Å². The molecule has 4 heteroatoms. The molecule has 1 aliphatic rings. The molecule has 1 fully saturated rings. The van der Waals surface area contributed by atoms with Gasteiger partial charge in [-0.3, -0.25) is 4.79 Å². The second kappa shape index (κ2) is 6.97. The highest BCUT2D eigenvalue weighted by atomic mass is 16.1. The van der Waals surface area contributed by atoms with Gasteiger partial charge in [0.15, 0.2) is 0 Å². The first-order valence-electron chi connectivity index (χ1n) is 6.85. The molecule has 0 aromatic carbocycles. The quantitative estimate of drug-likeness (QED) is 0.674. The summed E-state index contributed by atoms with van der Waals surface area (Å²) in [5.74, 6) is 0.534. The summed E-state index contributed by atoms with van der Waals surface area (Å²) < 4.78 is 0.876. The summed E-state index contributed by atoms with van der Waals surface area (Å²) in [6.45, 7) is 3.38. The van der Waals surface area contributed by atoms with E-state index in [1.807, 2.05) is 0 Å². The van der Waals surface area contributed by atoms with Crippen LogP contribution in [-0.4, -0.2) is 50.7 Å². The Hall–Kier alpha value is -0.610. The summed E-state index contributed by atoms with van der Waals surface area (Å²) in [4.78, 5) is 11.9. The van der Waals surface area contributed by atoms with Crippen molar-refractivity contribution in [2.75, 3.05) is 40.3 Å². The van der Waals surface area contributed by atoms with Crippen LogP contribution in [0.4, 0.5) is 0 Å². The number of nitrogens with two attached hydrogens (primary N) is 1. The maximum absolute atomic E-state index is 11.9. The van der Waals surface area contributed by atoms with Gasteiger partial charge in [-0.05, 0) is 12.8 Å². The molecule has 1 saturated carbocycles. The minimum atomic E-state index is 0.262. The van der Waals surface area contributed by atoms with Gasteiger partial charge in [0.05, 0.1) is 33.7 Å². The third kappa shape index (κ3) is 5.50. The number of hydrogen-bond acceptors (Lipinski definition) is 2. The predicted molar refractivity (Wildman–Crippen MR) is 70.5 cm³/mol. The van der Waals surface area contributed by atoms with E-state index < -0.39 is 0 Å². The predicted octanol–water partition coefficient (Wildman–Crippen LogP) is 0.718. The van der Waals surface area contributed by atoms with Gasteiger partial charge in [-0.2, -0.15) is 0 Å². The van der Waals surface area contributed by atoms with E-state index in [2.05, 4.69) is 19.4 Å². The molecule has 0 spiro atoms. The average Bonchev–Trinajstić information content (AvgIpc) is 2.29. The van der Waals surface area contributed by atoms with E-state index in [4.69, 9.17) is 5.73 Å².